The number of hydrogen-bond donors (Lipinski definition) is 0. The first-order chi connectivity index (χ1) is 8.85. The van der Waals surface area contributed by atoms with Crippen LogP contribution < -0.4 is 0 Å². The molecule has 1 aromatic heterocycles. The van der Waals surface area contributed by atoms with E-state index < -0.39 is 5.41 Å². The van der Waals surface area contributed by atoms with Gasteiger partial charge >= 0.3 is 0 Å². The largest absolute Gasteiger partial charge is 0.347 e. The zero-order chi connectivity index (χ0) is 14.2. The van der Waals surface area contributed by atoms with E-state index in [9.17, 15) is 5.26 Å². The second-order valence-corrected chi connectivity index (χ2v) is 6.90. The summed E-state index contributed by atoms with van der Waals surface area (Å²) in [6.45, 7) is 9.33. The normalized spacial score (nSPS) is 12.1. The molecule has 0 saturated carbocycles. The fourth-order valence-electron chi connectivity index (χ4n) is 2.37. The summed E-state index contributed by atoms with van der Waals surface area (Å²) >= 11 is 3.53. The highest BCUT2D eigenvalue weighted by molar-refractivity contribution is 9.10. The highest BCUT2D eigenvalue weighted by Gasteiger charge is 2.25. The van der Waals surface area contributed by atoms with Crippen LogP contribution in [-0.4, -0.2) is 4.57 Å². The molecule has 100 valence electrons. The van der Waals surface area contributed by atoms with Crippen molar-refractivity contribution in [2.75, 3.05) is 0 Å². The second kappa shape index (κ2) is 5.02. The SMILES string of the molecule is CC(C)Cn1cc(C(C)(C)C#N)c2ccc(Br)cc21. The molecule has 0 saturated heterocycles. The van der Waals surface area contributed by atoms with Crippen molar-refractivity contribution < 1.29 is 0 Å². The summed E-state index contributed by atoms with van der Waals surface area (Å²) < 4.78 is 3.34. The van der Waals surface area contributed by atoms with Gasteiger partial charge in [-0.1, -0.05) is 35.8 Å². The highest BCUT2D eigenvalue weighted by atomic mass is 79.9. The molecule has 2 aromatic rings. The molecule has 1 aromatic carbocycles. The molecule has 0 aliphatic carbocycles. The standard InChI is InChI=1S/C16H19BrN2/c1-11(2)8-19-9-14(16(3,4)10-18)13-6-5-12(17)7-15(13)19/h5-7,9,11H,8H2,1-4H3. The number of benzene rings is 1. The number of fused-ring (bicyclic) bond motifs is 1. The Hall–Kier alpha value is -1.27. The molecule has 0 aliphatic heterocycles. The Morgan fingerprint density at radius 3 is 2.63 bits per heavy atom. The van der Waals surface area contributed by atoms with E-state index in [1.54, 1.807) is 0 Å². The van der Waals surface area contributed by atoms with Gasteiger partial charge in [0, 0.05) is 28.1 Å². The van der Waals surface area contributed by atoms with Gasteiger partial charge < -0.3 is 4.57 Å². The summed E-state index contributed by atoms with van der Waals surface area (Å²) in [6.07, 6.45) is 2.14. The van der Waals surface area contributed by atoms with Crippen LogP contribution in [0.4, 0.5) is 0 Å². The van der Waals surface area contributed by atoms with Gasteiger partial charge in [-0.3, -0.25) is 0 Å². The molecule has 0 amide bonds. The van der Waals surface area contributed by atoms with Crippen molar-refractivity contribution in [3.05, 3.63) is 34.4 Å². The van der Waals surface area contributed by atoms with Crippen molar-refractivity contribution in [3.63, 3.8) is 0 Å². The van der Waals surface area contributed by atoms with Gasteiger partial charge in [0.15, 0.2) is 0 Å². The monoisotopic (exact) mass is 318 g/mol. The molecule has 2 rings (SSSR count). The van der Waals surface area contributed by atoms with Crippen molar-refractivity contribution >= 4 is 26.8 Å². The Kier molecular flexibility index (Phi) is 3.73. The minimum Gasteiger partial charge on any atom is -0.347 e. The predicted molar refractivity (Wildman–Crippen MR) is 83.1 cm³/mol. The average Bonchev–Trinajstić information content (AvgIpc) is 2.67. The van der Waals surface area contributed by atoms with Crippen molar-refractivity contribution in [3.8, 4) is 6.07 Å². The van der Waals surface area contributed by atoms with E-state index in [0.29, 0.717) is 5.92 Å². The lowest BCUT2D eigenvalue weighted by atomic mass is 9.86. The molecule has 0 atom stereocenters. The zero-order valence-electron chi connectivity index (χ0n) is 11.9. The number of hydrogen-bond acceptors (Lipinski definition) is 1. The van der Waals surface area contributed by atoms with Crippen molar-refractivity contribution in [1.29, 1.82) is 5.26 Å². The average molecular weight is 319 g/mol. The molecule has 0 aliphatic rings. The molecular formula is C16H19BrN2. The third-order valence-electron chi connectivity index (χ3n) is 3.36. The van der Waals surface area contributed by atoms with Gasteiger partial charge in [-0.15, -0.1) is 0 Å². The highest BCUT2D eigenvalue weighted by Crippen LogP contribution is 2.33. The molecule has 19 heavy (non-hydrogen) atoms. The lowest BCUT2D eigenvalue weighted by molar-refractivity contribution is 0.532. The molecular weight excluding hydrogens is 300 g/mol. The Morgan fingerprint density at radius 1 is 1.37 bits per heavy atom. The first-order valence-electron chi connectivity index (χ1n) is 6.55. The molecule has 2 nitrogen and oxygen atoms in total. The van der Waals surface area contributed by atoms with Gasteiger partial charge in [0.1, 0.15) is 0 Å². The van der Waals surface area contributed by atoms with E-state index in [4.69, 9.17) is 0 Å². The van der Waals surface area contributed by atoms with Crippen LogP contribution in [0.1, 0.15) is 33.3 Å². The predicted octanol–water partition coefficient (Wildman–Crippen LogP) is 4.86. The Labute approximate surface area is 123 Å². The number of rotatable bonds is 3. The molecule has 0 fully saturated rings. The van der Waals surface area contributed by atoms with Gasteiger partial charge in [0.2, 0.25) is 0 Å². The van der Waals surface area contributed by atoms with Crippen LogP contribution in [0.5, 0.6) is 0 Å². The maximum atomic E-state index is 9.38. The fourth-order valence-corrected chi connectivity index (χ4v) is 2.72. The van der Waals surface area contributed by atoms with E-state index >= 15 is 0 Å². The summed E-state index contributed by atoms with van der Waals surface area (Å²) in [6, 6.07) is 8.68. The summed E-state index contributed by atoms with van der Waals surface area (Å²) in [7, 11) is 0. The molecule has 0 bridgehead atoms. The van der Waals surface area contributed by atoms with E-state index in [1.165, 1.54) is 10.9 Å². The third-order valence-corrected chi connectivity index (χ3v) is 3.85. The number of halogens is 1. The maximum Gasteiger partial charge on any atom is 0.0787 e. The minimum atomic E-state index is -0.464. The quantitative estimate of drug-likeness (QED) is 0.794. The molecule has 0 spiro atoms. The van der Waals surface area contributed by atoms with E-state index in [-0.39, 0.29) is 0 Å². The van der Waals surface area contributed by atoms with Crippen LogP contribution >= 0.6 is 15.9 Å². The lowest BCUT2D eigenvalue weighted by Gasteiger charge is -2.14. The van der Waals surface area contributed by atoms with E-state index in [0.717, 1.165) is 16.6 Å². The topological polar surface area (TPSA) is 28.7 Å². The molecule has 0 unspecified atom stereocenters. The third kappa shape index (κ3) is 2.69. The number of nitriles is 1. The maximum absolute atomic E-state index is 9.38. The van der Waals surface area contributed by atoms with Crippen molar-refractivity contribution in [2.45, 2.75) is 39.7 Å². The summed E-state index contributed by atoms with van der Waals surface area (Å²) in [5.41, 5.74) is 1.84. The van der Waals surface area contributed by atoms with Crippen LogP contribution in [0.15, 0.2) is 28.9 Å². The molecule has 0 radical (unpaired) electrons. The zero-order valence-corrected chi connectivity index (χ0v) is 13.5. The Morgan fingerprint density at radius 2 is 2.05 bits per heavy atom. The van der Waals surface area contributed by atoms with Gasteiger partial charge in [-0.05, 0) is 37.5 Å². The minimum absolute atomic E-state index is 0.464. The van der Waals surface area contributed by atoms with Crippen molar-refractivity contribution in [2.24, 2.45) is 5.92 Å². The summed E-state index contributed by atoms with van der Waals surface area (Å²) in [5.74, 6) is 0.577. The van der Waals surface area contributed by atoms with E-state index in [2.05, 4.69) is 58.7 Å². The number of aromatic nitrogens is 1. The van der Waals surface area contributed by atoms with Crippen LogP contribution in [0, 0.1) is 17.2 Å². The van der Waals surface area contributed by atoms with Crippen LogP contribution in [0.3, 0.4) is 0 Å². The Balaban J connectivity index is 2.71. The molecule has 3 heteroatoms. The van der Waals surface area contributed by atoms with Gasteiger partial charge in [-0.25, -0.2) is 0 Å². The van der Waals surface area contributed by atoms with Gasteiger partial charge in [0.25, 0.3) is 0 Å². The van der Waals surface area contributed by atoms with Gasteiger partial charge in [-0.2, -0.15) is 5.26 Å². The van der Waals surface area contributed by atoms with E-state index in [1.807, 2.05) is 19.9 Å². The number of nitrogens with zero attached hydrogens (tertiary/aromatic N) is 2. The molecule has 0 N–H and O–H groups in total. The van der Waals surface area contributed by atoms with Crippen LogP contribution in [-0.2, 0) is 12.0 Å². The smallest absolute Gasteiger partial charge is 0.0787 e. The van der Waals surface area contributed by atoms with Crippen molar-refractivity contribution in [1.82, 2.24) is 4.57 Å². The first kappa shape index (κ1) is 14.1. The van der Waals surface area contributed by atoms with Crippen LogP contribution in [0.2, 0.25) is 0 Å². The summed E-state index contributed by atoms with van der Waals surface area (Å²) in [4.78, 5) is 0. The first-order valence-corrected chi connectivity index (χ1v) is 7.34. The second-order valence-electron chi connectivity index (χ2n) is 5.99. The lowest BCUT2D eigenvalue weighted by Crippen LogP contribution is -2.13. The fraction of sp³-hybridized carbons (Fsp3) is 0.438. The Bertz CT molecular complexity index is 645. The van der Waals surface area contributed by atoms with Crippen LogP contribution in [0.25, 0.3) is 10.9 Å². The molecule has 1 heterocycles. The van der Waals surface area contributed by atoms with Gasteiger partial charge in [0.05, 0.1) is 11.5 Å². The summed E-state index contributed by atoms with van der Waals surface area (Å²) in [5, 5.41) is 10.6.